The summed E-state index contributed by atoms with van der Waals surface area (Å²) in [7, 11) is 3.53. The Hall–Kier alpha value is -2.63. The van der Waals surface area contributed by atoms with Crippen molar-refractivity contribution >= 4 is 5.91 Å². The first kappa shape index (κ1) is 19.7. The maximum absolute atomic E-state index is 12.3. The predicted octanol–water partition coefficient (Wildman–Crippen LogP) is 3.13. The molecule has 0 aliphatic carbocycles. The van der Waals surface area contributed by atoms with Crippen molar-refractivity contribution in [2.24, 2.45) is 0 Å². The lowest BCUT2D eigenvalue weighted by Crippen LogP contribution is -2.68. The van der Waals surface area contributed by atoms with Crippen LogP contribution >= 0.6 is 0 Å². The summed E-state index contributed by atoms with van der Waals surface area (Å²) in [6.45, 7) is 6.81. The van der Waals surface area contributed by atoms with Gasteiger partial charge >= 0.3 is 0 Å². The van der Waals surface area contributed by atoms with Gasteiger partial charge in [-0.3, -0.25) is 14.6 Å². The van der Waals surface area contributed by atoms with E-state index in [0.29, 0.717) is 17.6 Å². The van der Waals surface area contributed by atoms with E-state index in [2.05, 4.69) is 22.4 Å². The fourth-order valence-corrected chi connectivity index (χ4v) is 4.75. The van der Waals surface area contributed by atoms with Crippen LogP contribution in [0, 0.1) is 0 Å². The minimum atomic E-state index is 0.00439. The maximum atomic E-state index is 12.3. The van der Waals surface area contributed by atoms with Crippen LogP contribution in [-0.2, 0) is 0 Å². The van der Waals surface area contributed by atoms with Crippen molar-refractivity contribution in [1.82, 2.24) is 14.7 Å². The Morgan fingerprint density at radius 1 is 1.17 bits per heavy atom. The van der Waals surface area contributed by atoms with Crippen LogP contribution < -0.4 is 0 Å². The number of carbonyl (C=O) groups excluding carboxylic acids is 1. The average Bonchev–Trinajstić information content (AvgIpc) is 2.72. The zero-order chi connectivity index (χ0) is 20.5. The molecule has 5 heteroatoms. The van der Waals surface area contributed by atoms with Gasteiger partial charge in [0.15, 0.2) is 0 Å². The summed E-state index contributed by atoms with van der Waals surface area (Å²) >= 11 is 0. The van der Waals surface area contributed by atoms with Crippen LogP contribution in [0.5, 0.6) is 5.75 Å². The first-order valence-electron chi connectivity index (χ1n) is 10.2. The molecule has 1 amide bonds. The van der Waals surface area contributed by atoms with Crippen LogP contribution in [0.25, 0.3) is 0 Å². The van der Waals surface area contributed by atoms with Gasteiger partial charge in [0.1, 0.15) is 5.75 Å². The Labute approximate surface area is 172 Å². The second-order valence-corrected chi connectivity index (χ2v) is 8.30. The van der Waals surface area contributed by atoms with Gasteiger partial charge in [-0.15, -0.1) is 6.58 Å². The quantitative estimate of drug-likeness (QED) is 0.769. The molecule has 3 fully saturated rings. The molecule has 29 heavy (non-hydrogen) atoms. The first-order valence-corrected chi connectivity index (χ1v) is 10.2. The lowest BCUT2D eigenvalue weighted by molar-refractivity contribution is -0.0706. The number of phenols is 1. The third-order valence-electron chi connectivity index (χ3n) is 6.14. The van der Waals surface area contributed by atoms with Crippen molar-refractivity contribution in [2.75, 3.05) is 33.7 Å². The molecule has 0 spiro atoms. The predicted molar refractivity (Wildman–Crippen MR) is 115 cm³/mol. The molecule has 5 nitrogen and oxygen atoms in total. The molecular formula is C24H29N3O2. The number of aromatic hydroxyl groups is 1. The number of nitrogens with zero attached hydrogens (tertiary/aromatic N) is 3. The summed E-state index contributed by atoms with van der Waals surface area (Å²) in [5, 5.41) is 10.1. The number of fused-ring (bicyclic) bond motifs is 2. The fraction of sp³-hybridized carbons (Fsp3) is 0.375. The van der Waals surface area contributed by atoms with Crippen molar-refractivity contribution in [3.63, 3.8) is 0 Å². The largest absolute Gasteiger partial charge is 0.508 e. The summed E-state index contributed by atoms with van der Waals surface area (Å²) < 4.78 is 0. The number of rotatable bonds is 6. The molecule has 2 bridgehead atoms. The Morgan fingerprint density at radius 3 is 2.45 bits per heavy atom. The number of hydrogen-bond donors (Lipinski definition) is 1. The van der Waals surface area contributed by atoms with Crippen molar-refractivity contribution in [3.8, 4) is 5.75 Å². The van der Waals surface area contributed by atoms with Crippen LogP contribution in [-0.4, -0.2) is 71.5 Å². The summed E-state index contributed by atoms with van der Waals surface area (Å²) in [6.07, 6.45) is 3.23. The summed E-state index contributed by atoms with van der Waals surface area (Å²) in [5.74, 6) is 0.284. The molecule has 3 saturated heterocycles. The van der Waals surface area contributed by atoms with Crippen LogP contribution in [0.1, 0.15) is 33.9 Å². The number of benzene rings is 2. The Balaban J connectivity index is 1.64. The van der Waals surface area contributed by atoms with Gasteiger partial charge in [0.2, 0.25) is 0 Å². The zero-order valence-corrected chi connectivity index (χ0v) is 17.2. The third kappa shape index (κ3) is 3.80. The third-order valence-corrected chi connectivity index (χ3v) is 6.14. The van der Waals surface area contributed by atoms with E-state index < -0.39 is 0 Å². The second kappa shape index (κ2) is 8.01. The molecule has 3 aliphatic rings. The van der Waals surface area contributed by atoms with E-state index in [1.807, 2.05) is 42.5 Å². The van der Waals surface area contributed by atoms with Gasteiger partial charge in [-0.2, -0.15) is 0 Å². The van der Waals surface area contributed by atoms with E-state index in [1.54, 1.807) is 25.1 Å². The van der Waals surface area contributed by atoms with E-state index in [4.69, 9.17) is 0 Å². The van der Waals surface area contributed by atoms with E-state index in [1.165, 1.54) is 6.42 Å². The standard InChI is InChI=1S/C24H29N3O2/c1-4-12-27-20-14-21(27)16-26(15-20)23(19-6-5-7-22(28)13-19)17-8-10-18(11-9-17)24(29)25(2)3/h4-11,13,20-21,23,28H,1,12,14-16H2,2-3H3. The van der Waals surface area contributed by atoms with Crippen molar-refractivity contribution in [1.29, 1.82) is 0 Å². The molecule has 0 radical (unpaired) electrons. The van der Waals surface area contributed by atoms with E-state index in [-0.39, 0.29) is 17.7 Å². The highest BCUT2D eigenvalue weighted by molar-refractivity contribution is 5.93. The highest BCUT2D eigenvalue weighted by Gasteiger charge is 2.45. The molecule has 2 aromatic carbocycles. The van der Waals surface area contributed by atoms with Crippen LogP contribution in [0.3, 0.4) is 0 Å². The minimum absolute atomic E-state index is 0.00439. The Kier molecular flexibility index (Phi) is 5.43. The Bertz CT molecular complexity index is 881. The lowest BCUT2D eigenvalue weighted by Gasteiger charge is -2.57. The Morgan fingerprint density at radius 2 is 1.86 bits per heavy atom. The van der Waals surface area contributed by atoms with Gasteiger partial charge < -0.3 is 10.0 Å². The number of carbonyl (C=O) groups is 1. The van der Waals surface area contributed by atoms with Gasteiger partial charge in [-0.25, -0.2) is 0 Å². The molecule has 1 N–H and O–H groups in total. The maximum Gasteiger partial charge on any atom is 0.253 e. The van der Waals surface area contributed by atoms with E-state index >= 15 is 0 Å². The highest BCUT2D eigenvalue weighted by Crippen LogP contribution is 2.39. The molecule has 0 saturated carbocycles. The van der Waals surface area contributed by atoms with Crippen LogP contribution in [0.15, 0.2) is 61.2 Å². The summed E-state index contributed by atoms with van der Waals surface area (Å²) in [4.78, 5) is 18.9. The van der Waals surface area contributed by atoms with Crippen LogP contribution in [0.2, 0.25) is 0 Å². The monoisotopic (exact) mass is 391 g/mol. The molecule has 2 aromatic rings. The number of piperidine rings is 1. The topological polar surface area (TPSA) is 47.0 Å². The van der Waals surface area contributed by atoms with Gasteiger partial charge in [-0.1, -0.05) is 30.3 Å². The average molecular weight is 392 g/mol. The zero-order valence-electron chi connectivity index (χ0n) is 17.2. The molecule has 152 valence electrons. The van der Waals surface area contributed by atoms with E-state index in [9.17, 15) is 9.90 Å². The summed E-state index contributed by atoms with van der Waals surface area (Å²) in [6, 6.07) is 16.6. The number of phenolic OH excluding ortho intramolecular Hbond substituents is 1. The van der Waals surface area contributed by atoms with Crippen molar-refractivity contribution in [2.45, 2.75) is 24.5 Å². The normalized spacial score (nSPS) is 22.6. The first-order chi connectivity index (χ1) is 14.0. The second-order valence-electron chi connectivity index (χ2n) is 8.30. The molecule has 0 aromatic heterocycles. The molecule has 5 rings (SSSR count). The van der Waals surface area contributed by atoms with Gasteiger partial charge in [0.25, 0.3) is 5.91 Å². The smallest absolute Gasteiger partial charge is 0.253 e. The van der Waals surface area contributed by atoms with Gasteiger partial charge in [0.05, 0.1) is 6.04 Å². The number of amides is 1. The fourth-order valence-electron chi connectivity index (χ4n) is 4.75. The van der Waals surface area contributed by atoms with Crippen molar-refractivity contribution in [3.05, 3.63) is 77.9 Å². The molecule has 3 unspecified atom stereocenters. The van der Waals surface area contributed by atoms with Gasteiger partial charge in [0, 0.05) is 51.4 Å². The minimum Gasteiger partial charge on any atom is -0.508 e. The molecule has 3 heterocycles. The molecule has 3 atom stereocenters. The molecule has 3 aliphatic heterocycles. The number of hydrogen-bond acceptors (Lipinski definition) is 4. The summed E-state index contributed by atoms with van der Waals surface area (Å²) in [5.41, 5.74) is 2.91. The van der Waals surface area contributed by atoms with Crippen LogP contribution in [0.4, 0.5) is 0 Å². The lowest BCUT2D eigenvalue weighted by atomic mass is 9.84. The number of piperazine rings is 1. The van der Waals surface area contributed by atoms with Crippen molar-refractivity contribution < 1.29 is 9.90 Å². The van der Waals surface area contributed by atoms with E-state index in [0.717, 1.165) is 30.8 Å². The SMILES string of the molecule is C=CCN1C2CC1CN(C(c1ccc(C(=O)N(C)C)cc1)c1cccc(O)c1)C2. The molecular weight excluding hydrogens is 362 g/mol. The van der Waals surface area contributed by atoms with Gasteiger partial charge in [-0.05, 0) is 41.8 Å². The highest BCUT2D eigenvalue weighted by atomic mass is 16.3.